The van der Waals surface area contributed by atoms with Crippen LogP contribution in [0.2, 0.25) is 0 Å². The molecule has 0 spiro atoms. The lowest BCUT2D eigenvalue weighted by molar-refractivity contribution is 0.600. The third-order valence-corrected chi connectivity index (χ3v) is 6.54. The van der Waals surface area contributed by atoms with E-state index >= 15 is 0 Å². The minimum Gasteiger partial charge on any atom is -0.334 e. The van der Waals surface area contributed by atoms with Crippen LogP contribution in [0, 0.1) is 0 Å². The van der Waals surface area contributed by atoms with E-state index in [0.29, 0.717) is 5.17 Å². The number of rotatable bonds is 4. The number of nitrogens with one attached hydrogen (secondary N) is 1. The molecule has 0 radical (unpaired) electrons. The first-order chi connectivity index (χ1) is 10.0. The second kappa shape index (κ2) is 7.35. The quantitative estimate of drug-likeness (QED) is 0.509. The molecule has 0 aliphatic heterocycles. The Morgan fingerprint density at radius 3 is 2.67 bits per heavy atom. The Kier molecular flexibility index (Phi) is 5.74. The van der Waals surface area contributed by atoms with Gasteiger partial charge in [-0.25, -0.2) is 0 Å². The molecular formula is C13H14N2O2S4. The van der Waals surface area contributed by atoms with Crippen LogP contribution in [0.5, 0.6) is 0 Å². The average molecular weight is 359 g/mol. The molecule has 0 bridgehead atoms. The van der Waals surface area contributed by atoms with Gasteiger partial charge in [-0.1, -0.05) is 23.9 Å². The molecule has 2 rings (SSSR count). The lowest BCUT2D eigenvalue weighted by Gasteiger charge is -2.08. The van der Waals surface area contributed by atoms with Gasteiger partial charge in [-0.3, -0.25) is 0 Å². The van der Waals surface area contributed by atoms with Crippen molar-refractivity contribution in [2.45, 2.75) is 9.10 Å². The minimum atomic E-state index is -3.65. The number of hydrogen-bond acceptors (Lipinski definition) is 5. The Balaban J connectivity index is 2.25. The molecule has 1 N–H and O–H groups in total. The van der Waals surface area contributed by atoms with Gasteiger partial charge >= 0.3 is 0 Å². The summed E-state index contributed by atoms with van der Waals surface area (Å²) in [6.45, 7) is 0. The first-order valence-electron chi connectivity index (χ1n) is 5.88. The van der Waals surface area contributed by atoms with Crippen LogP contribution in [-0.2, 0) is 10.0 Å². The molecule has 4 nitrogen and oxygen atoms in total. The maximum Gasteiger partial charge on any atom is 0.294 e. The van der Waals surface area contributed by atoms with Gasteiger partial charge in [-0.15, -0.1) is 27.5 Å². The van der Waals surface area contributed by atoms with Gasteiger partial charge in [-0.05, 0) is 42.2 Å². The van der Waals surface area contributed by atoms with Gasteiger partial charge in [0, 0.05) is 10.6 Å². The fourth-order valence-corrected chi connectivity index (χ4v) is 4.59. The minimum absolute atomic E-state index is 0.244. The van der Waals surface area contributed by atoms with Gasteiger partial charge in [-0.2, -0.15) is 8.42 Å². The summed E-state index contributed by atoms with van der Waals surface area (Å²) in [4.78, 5) is 1.10. The number of sulfonamides is 1. The fraction of sp³-hybridized carbons (Fsp3) is 0.154. The van der Waals surface area contributed by atoms with Crippen molar-refractivity contribution in [1.29, 1.82) is 0 Å². The Labute approximate surface area is 137 Å². The van der Waals surface area contributed by atoms with Gasteiger partial charge in [0.05, 0.1) is 0 Å². The van der Waals surface area contributed by atoms with E-state index in [4.69, 9.17) is 0 Å². The number of hydrogen-bond donors (Lipinski definition) is 1. The maximum absolute atomic E-state index is 12.1. The molecule has 1 heterocycles. The number of thioether (sulfide) groups is 2. The van der Waals surface area contributed by atoms with Crippen molar-refractivity contribution in [3.63, 3.8) is 0 Å². The van der Waals surface area contributed by atoms with Crippen molar-refractivity contribution in [1.82, 2.24) is 0 Å². The summed E-state index contributed by atoms with van der Waals surface area (Å²) in [5.74, 6) is 0. The zero-order chi connectivity index (χ0) is 15.3. The Morgan fingerprint density at radius 1 is 1.24 bits per heavy atom. The molecular weight excluding hydrogens is 344 g/mol. The van der Waals surface area contributed by atoms with Gasteiger partial charge in [0.25, 0.3) is 10.0 Å². The van der Waals surface area contributed by atoms with Gasteiger partial charge in [0.2, 0.25) is 0 Å². The predicted octanol–water partition coefficient (Wildman–Crippen LogP) is 3.99. The van der Waals surface area contributed by atoms with E-state index in [1.54, 1.807) is 35.5 Å². The number of anilines is 1. The molecule has 0 fully saturated rings. The Hall–Kier alpha value is -0.960. The summed E-state index contributed by atoms with van der Waals surface area (Å²) in [5, 5.41) is 5.11. The second-order valence-corrected chi connectivity index (χ2v) is 8.32. The van der Waals surface area contributed by atoms with E-state index in [-0.39, 0.29) is 4.21 Å². The Morgan fingerprint density at radius 2 is 2.05 bits per heavy atom. The van der Waals surface area contributed by atoms with Crippen LogP contribution in [0.4, 0.5) is 5.69 Å². The van der Waals surface area contributed by atoms with Crippen molar-refractivity contribution in [2.24, 2.45) is 4.40 Å². The summed E-state index contributed by atoms with van der Waals surface area (Å²) in [7, 11) is -3.65. The number of amidine groups is 1. The molecule has 21 heavy (non-hydrogen) atoms. The largest absolute Gasteiger partial charge is 0.334 e. The smallest absolute Gasteiger partial charge is 0.294 e. The zero-order valence-corrected chi connectivity index (χ0v) is 14.7. The molecule has 1 aromatic carbocycles. The highest BCUT2D eigenvalue weighted by Gasteiger charge is 2.15. The summed E-state index contributed by atoms with van der Waals surface area (Å²) < 4.78 is 28.4. The van der Waals surface area contributed by atoms with Crippen molar-refractivity contribution in [2.75, 3.05) is 17.8 Å². The predicted molar refractivity (Wildman–Crippen MR) is 94.3 cm³/mol. The molecule has 0 aliphatic rings. The molecule has 0 saturated heterocycles. The van der Waals surface area contributed by atoms with Crippen LogP contribution in [0.3, 0.4) is 0 Å². The van der Waals surface area contributed by atoms with Crippen LogP contribution in [0.25, 0.3) is 0 Å². The summed E-state index contributed by atoms with van der Waals surface area (Å²) in [6.07, 6.45) is 3.78. The van der Waals surface area contributed by atoms with Crippen molar-refractivity contribution in [3.8, 4) is 0 Å². The molecule has 1 aromatic heterocycles. The third-order valence-electron chi connectivity index (χ3n) is 2.47. The van der Waals surface area contributed by atoms with Gasteiger partial charge in [0.1, 0.15) is 4.21 Å². The maximum atomic E-state index is 12.1. The molecule has 0 unspecified atom stereocenters. The molecule has 0 aliphatic carbocycles. The molecule has 112 valence electrons. The number of thiophene rings is 1. The standard InChI is InChI=1S/C13H14N2O2S4/c1-18-11-6-3-5-10(9-11)14-13(19-2)15-21(16,17)12-7-4-8-20-12/h3-9H,1-2H3,(H,14,15). The van der Waals surface area contributed by atoms with Crippen LogP contribution in [0.15, 0.2) is 55.3 Å². The van der Waals surface area contributed by atoms with E-state index in [9.17, 15) is 8.42 Å². The van der Waals surface area contributed by atoms with Crippen molar-refractivity contribution < 1.29 is 8.42 Å². The Bertz CT molecular complexity index is 724. The van der Waals surface area contributed by atoms with E-state index in [0.717, 1.165) is 21.9 Å². The highest BCUT2D eigenvalue weighted by molar-refractivity contribution is 8.14. The topological polar surface area (TPSA) is 58.5 Å². The van der Waals surface area contributed by atoms with Crippen molar-refractivity contribution in [3.05, 3.63) is 41.8 Å². The average Bonchev–Trinajstić information content (AvgIpc) is 3.01. The van der Waals surface area contributed by atoms with E-state index < -0.39 is 10.0 Å². The fourth-order valence-electron chi connectivity index (χ4n) is 1.50. The second-order valence-electron chi connectivity index (χ2n) is 3.86. The highest BCUT2D eigenvalue weighted by atomic mass is 32.2. The monoisotopic (exact) mass is 358 g/mol. The molecule has 2 aromatic rings. The lowest BCUT2D eigenvalue weighted by Crippen LogP contribution is -2.10. The first-order valence-corrected chi connectivity index (χ1v) is 10.7. The van der Waals surface area contributed by atoms with E-state index in [1.807, 2.05) is 30.5 Å². The van der Waals surface area contributed by atoms with Crippen molar-refractivity contribution >= 4 is 55.7 Å². The van der Waals surface area contributed by atoms with Crippen LogP contribution < -0.4 is 5.32 Å². The van der Waals surface area contributed by atoms with Crippen LogP contribution in [0.1, 0.15) is 0 Å². The number of nitrogens with zero attached hydrogens (tertiary/aromatic N) is 1. The third kappa shape index (κ3) is 4.50. The van der Waals surface area contributed by atoms with Crippen LogP contribution in [-0.4, -0.2) is 26.1 Å². The summed E-state index contributed by atoms with van der Waals surface area (Å²) in [5.41, 5.74) is 0.816. The lowest BCUT2D eigenvalue weighted by atomic mass is 10.3. The van der Waals surface area contributed by atoms with Gasteiger partial charge < -0.3 is 5.32 Å². The highest BCUT2D eigenvalue weighted by Crippen LogP contribution is 2.22. The SMILES string of the molecule is CS/C(=N\S(=O)(=O)c1cccs1)Nc1cccc(SC)c1. The summed E-state index contributed by atoms with van der Waals surface area (Å²) in [6, 6.07) is 11.0. The zero-order valence-electron chi connectivity index (χ0n) is 11.4. The normalized spacial score (nSPS) is 12.4. The van der Waals surface area contributed by atoms with E-state index in [2.05, 4.69) is 9.71 Å². The van der Waals surface area contributed by atoms with Gasteiger partial charge in [0.15, 0.2) is 5.17 Å². The summed E-state index contributed by atoms with van der Waals surface area (Å²) >= 11 is 4.04. The molecule has 8 heteroatoms. The van der Waals surface area contributed by atoms with E-state index in [1.165, 1.54) is 11.8 Å². The number of benzene rings is 1. The molecule has 0 atom stereocenters. The first kappa shape index (κ1) is 16.4. The molecule has 0 saturated carbocycles. The molecule has 0 amide bonds. The van der Waals surface area contributed by atoms with Crippen LogP contribution >= 0.6 is 34.9 Å².